The molecular formula is C31H24FN3O5. The maximum atomic E-state index is 13.0. The van der Waals surface area contributed by atoms with Crippen molar-refractivity contribution in [2.75, 3.05) is 13.2 Å². The molecule has 2 aromatic heterocycles. The van der Waals surface area contributed by atoms with E-state index in [0.29, 0.717) is 29.8 Å². The number of rotatable bonds is 9. The number of hydrogen-bond donors (Lipinski definition) is 1. The van der Waals surface area contributed by atoms with E-state index in [1.54, 1.807) is 41.2 Å². The average molecular weight is 538 g/mol. The third kappa shape index (κ3) is 6.39. The van der Waals surface area contributed by atoms with Crippen LogP contribution in [0.5, 0.6) is 0 Å². The van der Waals surface area contributed by atoms with Crippen LogP contribution in [0.25, 0.3) is 34.0 Å². The Kier molecular flexibility index (Phi) is 7.92. The molecule has 0 aliphatic carbocycles. The molecule has 5 rings (SSSR count). The predicted molar refractivity (Wildman–Crippen MR) is 148 cm³/mol. The highest BCUT2D eigenvalue weighted by Crippen LogP contribution is 2.25. The number of amides is 1. The Balaban J connectivity index is 1.29. The SMILES string of the molecule is O=C(COC(=O)/C=C/c1cn(-c2ccccc2)nc1-c1cc2ccccc2oc1=O)NCCc1ccc(F)cc1. The molecule has 0 fully saturated rings. The van der Waals surface area contributed by atoms with Gasteiger partial charge < -0.3 is 14.5 Å². The summed E-state index contributed by atoms with van der Waals surface area (Å²) >= 11 is 0. The summed E-state index contributed by atoms with van der Waals surface area (Å²) in [6, 6.07) is 24.2. The van der Waals surface area contributed by atoms with Crippen LogP contribution < -0.4 is 10.9 Å². The van der Waals surface area contributed by atoms with Gasteiger partial charge in [-0.25, -0.2) is 18.7 Å². The summed E-state index contributed by atoms with van der Waals surface area (Å²) in [5, 5.41) is 7.99. The van der Waals surface area contributed by atoms with Crippen molar-refractivity contribution in [2.24, 2.45) is 0 Å². The van der Waals surface area contributed by atoms with Gasteiger partial charge in [0.15, 0.2) is 6.61 Å². The number of carbonyl (C=O) groups excluding carboxylic acids is 2. The summed E-state index contributed by atoms with van der Waals surface area (Å²) in [6.07, 6.45) is 4.84. The fourth-order valence-electron chi connectivity index (χ4n) is 4.05. The first-order valence-electron chi connectivity index (χ1n) is 12.5. The molecule has 200 valence electrons. The van der Waals surface area contributed by atoms with Crippen LogP contribution in [0.2, 0.25) is 0 Å². The van der Waals surface area contributed by atoms with E-state index in [1.165, 1.54) is 24.3 Å². The van der Waals surface area contributed by atoms with Gasteiger partial charge in [-0.3, -0.25) is 4.79 Å². The van der Waals surface area contributed by atoms with Crippen molar-refractivity contribution in [3.63, 3.8) is 0 Å². The highest BCUT2D eigenvalue weighted by molar-refractivity contribution is 5.91. The number of hydrogen-bond acceptors (Lipinski definition) is 6. The standard InChI is InChI=1S/C31H24FN3O5/c32-24-13-10-21(11-14-24)16-17-33-28(36)20-39-29(37)15-12-23-19-35(25-7-2-1-3-8-25)34-30(23)26-18-22-6-4-5-9-27(22)40-31(26)38/h1-15,18-19H,16-17,20H2,(H,33,36)/b15-12+. The topological polar surface area (TPSA) is 103 Å². The third-order valence-corrected chi connectivity index (χ3v) is 6.05. The summed E-state index contributed by atoms with van der Waals surface area (Å²) in [4.78, 5) is 37.3. The number of aromatic nitrogens is 2. The van der Waals surface area contributed by atoms with E-state index in [1.807, 2.05) is 42.5 Å². The van der Waals surface area contributed by atoms with Gasteiger partial charge in [0.2, 0.25) is 0 Å². The predicted octanol–water partition coefficient (Wildman–Crippen LogP) is 4.70. The number of ether oxygens (including phenoxy) is 1. The summed E-state index contributed by atoms with van der Waals surface area (Å²) < 4.78 is 25.2. The van der Waals surface area contributed by atoms with Crippen LogP contribution in [-0.4, -0.2) is 34.8 Å². The summed E-state index contributed by atoms with van der Waals surface area (Å²) in [7, 11) is 0. The number of nitrogens with zero attached hydrogens (tertiary/aromatic N) is 2. The molecule has 0 aliphatic rings. The lowest BCUT2D eigenvalue weighted by molar-refractivity contribution is -0.143. The first-order valence-corrected chi connectivity index (χ1v) is 12.5. The molecule has 0 spiro atoms. The lowest BCUT2D eigenvalue weighted by Crippen LogP contribution is -2.30. The Morgan fingerprint density at radius 3 is 2.55 bits per heavy atom. The number of fused-ring (bicyclic) bond motifs is 1. The first-order chi connectivity index (χ1) is 19.5. The lowest BCUT2D eigenvalue weighted by atomic mass is 10.1. The van der Waals surface area contributed by atoms with E-state index in [9.17, 15) is 18.8 Å². The molecule has 0 unspecified atom stereocenters. The molecule has 5 aromatic rings. The molecular weight excluding hydrogens is 513 g/mol. The van der Waals surface area contributed by atoms with E-state index in [2.05, 4.69) is 10.4 Å². The van der Waals surface area contributed by atoms with Crippen molar-refractivity contribution in [3.05, 3.63) is 125 Å². The number of carbonyl (C=O) groups is 2. The van der Waals surface area contributed by atoms with Crippen molar-refractivity contribution in [1.29, 1.82) is 0 Å². The van der Waals surface area contributed by atoms with Gasteiger partial charge in [-0.2, -0.15) is 5.10 Å². The Labute approximate surface area is 228 Å². The molecule has 0 saturated carbocycles. The second-order valence-electron chi connectivity index (χ2n) is 8.87. The minimum atomic E-state index is -0.738. The molecule has 1 N–H and O–H groups in total. The second-order valence-corrected chi connectivity index (χ2v) is 8.87. The number of nitrogens with one attached hydrogen (secondary N) is 1. The maximum absolute atomic E-state index is 13.0. The lowest BCUT2D eigenvalue weighted by Gasteiger charge is -2.05. The third-order valence-electron chi connectivity index (χ3n) is 6.05. The molecule has 8 nitrogen and oxygen atoms in total. The number of esters is 1. The summed E-state index contributed by atoms with van der Waals surface area (Å²) in [5.74, 6) is -1.53. The van der Waals surface area contributed by atoms with Crippen molar-refractivity contribution in [2.45, 2.75) is 6.42 Å². The molecule has 3 aromatic carbocycles. The number of benzene rings is 3. The maximum Gasteiger partial charge on any atom is 0.345 e. The van der Waals surface area contributed by atoms with Crippen LogP contribution in [0.4, 0.5) is 4.39 Å². The van der Waals surface area contributed by atoms with Crippen molar-refractivity contribution < 1.29 is 23.1 Å². The van der Waals surface area contributed by atoms with Crippen molar-refractivity contribution in [1.82, 2.24) is 15.1 Å². The number of para-hydroxylation sites is 2. The van der Waals surface area contributed by atoms with Crippen molar-refractivity contribution in [3.8, 4) is 16.9 Å². The molecule has 0 atom stereocenters. The Morgan fingerprint density at radius 1 is 1.00 bits per heavy atom. The Morgan fingerprint density at radius 2 is 1.75 bits per heavy atom. The van der Waals surface area contributed by atoms with Crippen LogP contribution in [0.3, 0.4) is 0 Å². The summed E-state index contributed by atoms with van der Waals surface area (Å²) in [6.45, 7) is -0.148. The zero-order valence-corrected chi connectivity index (χ0v) is 21.2. The van der Waals surface area contributed by atoms with Gasteiger partial charge in [-0.05, 0) is 54.5 Å². The minimum absolute atomic E-state index is 0.238. The van der Waals surface area contributed by atoms with Gasteiger partial charge in [0, 0.05) is 29.8 Å². The van der Waals surface area contributed by atoms with Gasteiger partial charge >= 0.3 is 11.6 Å². The van der Waals surface area contributed by atoms with Crippen LogP contribution >= 0.6 is 0 Å². The van der Waals surface area contributed by atoms with E-state index in [0.717, 1.165) is 16.6 Å². The monoisotopic (exact) mass is 537 g/mol. The Hall–Kier alpha value is -5.31. The fraction of sp³-hybridized carbons (Fsp3) is 0.0968. The van der Waals surface area contributed by atoms with E-state index >= 15 is 0 Å². The highest BCUT2D eigenvalue weighted by Gasteiger charge is 2.16. The normalized spacial score (nSPS) is 11.1. The van der Waals surface area contributed by atoms with Crippen LogP contribution in [0.15, 0.2) is 106 Å². The largest absolute Gasteiger partial charge is 0.452 e. The molecule has 1 amide bonds. The Bertz CT molecular complexity index is 1740. The van der Waals surface area contributed by atoms with Crippen LogP contribution in [0.1, 0.15) is 11.1 Å². The average Bonchev–Trinajstić information content (AvgIpc) is 3.40. The zero-order valence-electron chi connectivity index (χ0n) is 21.2. The molecule has 0 aliphatic heterocycles. The molecule has 0 bridgehead atoms. The highest BCUT2D eigenvalue weighted by atomic mass is 19.1. The summed E-state index contributed by atoms with van der Waals surface area (Å²) in [5.41, 5.74) is 2.56. The van der Waals surface area contributed by atoms with Gasteiger partial charge in [0.25, 0.3) is 5.91 Å². The zero-order chi connectivity index (χ0) is 27.9. The van der Waals surface area contributed by atoms with Gasteiger partial charge in [-0.15, -0.1) is 0 Å². The van der Waals surface area contributed by atoms with Gasteiger partial charge in [0.05, 0.1) is 11.3 Å². The minimum Gasteiger partial charge on any atom is -0.452 e. The number of halogens is 1. The van der Waals surface area contributed by atoms with Crippen LogP contribution in [0, 0.1) is 5.82 Å². The van der Waals surface area contributed by atoms with Crippen LogP contribution in [-0.2, 0) is 20.7 Å². The van der Waals surface area contributed by atoms with E-state index in [4.69, 9.17) is 9.15 Å². The molecule has 40 heavy (non-hydrogen) atoms. The smallest absolute Gasteiger partial charge is 0.345 e. The molecule has 2 heterocycles. The van der Waals surface area contributed by atoms with Gasteiger partial charge in [-0.1, -0.05) is 48.5 Å². The molecule has 0 saturated heterocycles. The molecule has 0 radical (unpaired) electrons. The van der Waals surface area contributed by atoms with E-state index < -0.39 is 24.1 Å². The molecule has 9 heteroatoms. The second kappa shape index (κ2) is 12.0. The fourth-order valence-corrected chi connectivity index (χ4v) is 4.05. The van der Waals surface area contributed by atoms with Crippen molar-refractivity contribution >= 4 is 28.9 Å². The van der Waals surface area contributed by atoms with Gasteiger partial charge in [0.1, 0.15) is 17.1 Å². The first kappa shape index (κ1) is 26.3. The van der Waals surface area contributed by atoms with E-state index in [-0.39, 0.29) is 11.4 Å². The quantitative estimate of drug-likeness (QED) is 0.166.